The molecule has 0 bridgehead atoms. The molecule has 6 nitrogen and oxygen atoms in total. The Morgan fingerprint density at radius 2 is 1.88 bits per heavy atom. The molecule has 3 rings (SSSR count). The zero-order valence-electron chi connectivity index (χ0n) is 14.7. The summed E-state index contributed by atoms with van der Waals surface area (Å²) in [5, 5.41) is 0.570. The van der Waals surface area contributed by atoms with Crippen LogP contribution < -0.4 is 9.47 Å². The minimum atomic E-state index is -0.221. The minimum Gasteiger partial charge on any atom is -0.493 e. The van der Waals surface area contributed by atoms with Gasteiger partial charge in [-0.15, -0.1) is 0 Å². The molecule has 0 amide bonds. The van der Waals surface area contributed by atoms with Gasteiger partial charge in [-0.3, -0.25) is 4.90 Å². The van der Waals surface area contributed by atoms with E-state index in [9.17, 15) is 0 Å². The van der Waals surface area contributed by atoms with Gasteiger partial charge in [-0.2, -0.15) is 0 Å². The highest BCUT2D eigenvalue weighted by Crippen LogP contribution is 2.39. The Hall–Kier alpha value is -2.33. The fraction of sp³-hybridized carbons (Fsp3) is 0.368. The van der Waals surface area contributed by atoms with Gasteiger partial charge in [0.05, 0.1) is 33.0 Å². The van der Waals surface area contributed by atoms with Crippen molar-refractivity contribution in [1.29, 1.82) is 0 Å². The Morgan fingerprint density at radius 1 is 1.15 bits per heavy atom. The van der Waals surface area contributed by atoms with Crippen molar-refractivity contribution in [3.63, 3.8) is 0 Å². The molecule has 26 heavy (non-hydrogen) atoms. The maximum atomic E-state index is 6.31. The standard InChI is InChI=1S/C19H20ClN3O3/c1-24-18-10-15(20)9-16(19(18)25-2)17(23-5-7-26-8-6-23)4-3-14-11-21-13-22-12-14/h9-13,17H,5-8H2,1-2H3. The Balaban J connectivity index is 2.06. The van der Waals surface area contributed by atoms with Gasteiger partial charge in [0.2, 0.25) is 0 Å². The molecule has 2 heterocycles. The molecule has 7 heteroatoms. The van der Waals surface area contributed by atoms with Crippen LogP contribution in [0, 0.1) is 11.8 Å². The number of benzene rings is 1. The van der Waals surface area contributed by atoms with E-state index < -0.39 is 0 Å². The molecule has 1 unspecified atom stereocenters. The van der Waals surface area contributed by atoms with Crippen molar-refractivity contribution in [2.45, 2.75) is 6.04 Å². The molecule has 1 aliphatic heterocycles. The fourth-order valence-electron chi connectivity index (χ4n) is 2.88. The van der Waals surface area contributed by atoms with Crippen LogP contribution in [-0.2, 0) is 4.74 Å². The molecule has 0 spiro atoms. The van der Waals surface area contributed by atoms with E-state index in [0.717, 1.165) is 24.2 Å². The Morgan fingerprint density at radius 3 is 2.54 bits per heavy atom. The van der Waals surface area contributed by atoms with Crippen LogP contribution in [0.5, 0.6) is 11.5 Å². The van der Waals surface area contributed by atoms with Gasteiger partial charge in [-0.05, 0) is 6.07 Å². The number of hydrogen-bond acceptors (Lipinski definition) is 6. The van der Waals surface area contributed by atoms with Crippen molar-refractivity contribution in [2.75, 3.05) is 40.5 Å². The number of morpholine rings is 1. The van der Waals surface area contributed by atoms with Crippen LogP contribution in [0.2, 0.25) is 5.02 Å². The van der Waals surface area contributed by atoms with Crippen molar-refractivity contribution in [2.24, 2.45) is 0 Å². The highest BCUT2D eigenvalue weighted by Gasteiger charge is 2.26. The number of hydrogen-bond donors (Lipinski definition) is 0. The van der Waals surface area contributed by atoms with Crippen LogP contribution in [0.25, 0.3) is 0 Å². The summed E-state index contributed by atoms with van der Waals surface area (Å²) >= 11 is 6.31. The molecule has 0 saturated carbocycles. The van der Waals surface area contributed by atoms with Crippen molar-refractivity contribution < 1.29 is 14.2 Å². The first-order valence-corrected chi connectivity index (χ1v) is 8.60. The van der Waals surface area contributed by atoms with Crippen LogP contribution in [0.1, 0.15) is 17.2 Å². The molecular formula is C19H20ClN3O3. The number of halogens is 1. The van der Waals surface area contributed by atoms with Crippen molar-refractivity contribution in [3.05, 3.63) is 47.0 Å². The smallest absolute Gasteiger partial charge is 0.166 e. The first-order chi connectivity index (χ1) is 12.7. The molecule has 0 radical (unpaired) electrons. The summed E-state index contributed by atoms with van der Waals surface area (Å²) in [7, 11) is 3.21. The summed E-state index contributed by atoms with van der Waals surface area (Å²) < 4.78 is 16.5. The van der Waals surface area contributed by atoms with Crippen LogP contribution in [0.3, 0.4) is 0 Å². The summed E-state index contributed by atoms with van der Waals surface area (Å²) in [5.41, 5.74) is 1.61. The van der Waals surface area contributed by atoms with E-state index in [0.29, 0.717) is 29.7 Å². The molecule has 1 fully saturated rings. The summed E-state index contributed by atoms with van der Waals surface area (Å²) in [6.07, 6.45) is 4.85. The first kappa shape index (κ1) is 18.5. The van der Waals surface area contributed by atoms with Crippen molar-refractivity contribution in [3.8, 4) is 23.3 Å². The van der Waals surface area contributed by atoms with Crippen LogP contribution in [0.4, 0.5) is 0 Å². The highest BCUT2D eigenvalue weighted by molar-refractivity contribution is 6.30. The van der Waals surface area contributed by atoms with E-state index in [1.165, 1.54) is 6.33 Å². The number of ether oxygens (including phenoxy) is 3. The second kappa shape index (κ2) is 8.86. The number of nitrogens with zero attached hydrogens (tertiary/aromatic N) is 3. The molecule has 0 N–H and O–H groups in total. The second-order valence-corrected chi connectivity index (χ2v) is 6.11. The number of methoxy groups -OCH3 is 2. The van der Waals surface area contributed by atoms with Gasteiger partial charge >= 0.3 is 0 Å². The molecule has 0 aliphatic carbocycles. The minimum absolute atomic E-state index is 0.221. The van der Waals surface area contributed by atoms with Gasteiger partial charge in [0, 0.05) is 42.1 Å². The third-order valence-corrected chi connectivity index (χ3v) is 4.31. The van der Waals surface area contributed by atoms with Crippen LogP contribution in [-0.4, -0.2) is 55.4 Å². The highest BCUT2D eigenvalue weighted by atomic mass is 35.5. The molecule has 1 saturated heterocycles. The molecule has 1 aromatic carbocycles. The van der Waals surface area contributed by atoms with Gasteiger partial charge in [0.25, 0.3) is 0 Å². The Bertz CT molecular complexity index is 799. The number of rotatable bonds is 4. The molecule has 2 aromatic rings. The van der Waals surface area contributed by atoms with Gasteiger partial charge in [0.1, 0.15) is 12.4 Å². The van der Waals surface area contributed by atoms with Gasteiger partial charge < -0.3 is 14.2 Å². The monoisotopic (exact) mass is 373 g/mol. The molecular weight excluding hydrogens is 354 g/mol. The molecule has 1 atom stereocenters. The van der Waals surface area contributed by atoms with E-state index in [4.69, 9.17) is 25.8 Å². The normalized spacial score (nSPS) is 15.7. The zero-order valence-corrected chi connectivity index (χ0v) is 15.5. The second-order valence-electron chi connectivity index (χ2n) is 5.68. The van der Waals surface area contributed by atoms with Gasteiger partial charge in [-0.1, -0.05) is 23.4 Å². The van der Waals surface area contributed by atoms with E-state index in [1.54, 1.807) is 32.7 Å². The van der Waals surface area contributed by atoms with Crippen molar-refractivity contribution >= 4 is 11.6 Å². The van der Waals surface area contributed by atoms with Gasteiger partial charge in [0.15, 0.2) is 11.5 Å². The Kier molecular flexibility index (Phi) is 6.29. The summed E-state index contributed by atoms with van der Waals surface area (Å²) in [6.45, 7) is 2.85. The topological polar surface area (TPSA) is 56.7 Å². The SMILES string of the molecule is COc1cc(Cl)cc(C(C#Cc2cncnc2)N2CCOCC2)c1OC. The number of aromatic nitrogens is 2. The predicted octanol–water partition coefficient (Wildman–Crippen LogP) is 2.57. The van der Waals surface area contributed by atoms with E-state index in [-0.39, 0.29) is 6.04 Å². The third kappa shape index (κ3) is 4.25. The summed E-state index contributed by atoms with van der Waals surface area (Å²) in [5.74, 6) is 7.69. The lowest BCUT2D eigenvalue weighted by atomic mass is 10.0. The summed E-state index contributed by atoms with van der Waals surface area (Å²) in [6, 6.07) is 3.39. The largest absolute Gasteiger partial charge is 0.493 e. The molecule has 1 aliphatic rings. The summed E-state index contributed by atoms with van der Waals surface area (Å²) in [4.78, 5) is 10.3. The quantitative estimate of drug-likeness (QED) is 0.768. The van der Waals surface area contributed by atoms with E-state index >= 15 is 0 Å². The van der Waals surface area contributed by atoms with Crippen LogP contribution in [0.15, 0.2) is 30.9 Å². The fourth-order valence-corrected chi connectivity index (χ4v) is 3.10. The maximum Gasteiger partial charge on any atom is 0.166 e. The zero-order chi connectivity index (χ0) is 18.4. The van der Waals surface area contributed by atoms with Crippen LogP contribution >= 0.6 is 11.6 Å². The predicted molar refractivity (Wildman–Crippen MR) is 98.6 cm³/mol. The van der Waals surface area contributed by atoms with E-state index in [1.807, 2.05) is 6.07 Å². The van der Waals surface area contributed by atoms with E-state index in [2.05, 4.69) is 26.7 Å². The van der Waals surface area contributed by atoms with Gasteiger partial charge in [-0.25, -0.2) is 9.97 Å². The third-order valence-electron chi connectivity index (χ3n) is 4.09. The molecule has 136 valence electrons. The van der Waals surface area contributed by atoms with Crippen molar-refractivity contribution in [1.82, 2.24) is 14.9 Å². The lowest BCUT2D eigenvalue weighted by molar-refractivity contribution is 0.0265. The lowest BCUT2D eigenvalue weighted by Gasteiger charge is -2.32. The average Bonchev–Trinajstić information content (AvgIpc) is 2.69. The lowest BCUT2D eigenvalue weighted by Crippen LogP contribution is -2.38. The molecule has 1 aromatic heterocycles. The Labute approximate surface area is 158 Å². The maximum absolute atomic E-state index is 6.31. The average molecular weight is 374 g/mol. The first-order valence-electron chi connectivity index (χ1n) is 8.22.